The lowest BCUT2D eigenvalue weighted by molar-refractivity contribution is -0.280. The number of rotatable bonds is 18. The quantitative estimate of drug-likeness (QED) is 0.0702. The van der Waals surface area contributed by atoms with Crippen LogP contribution in [0.15, 0.2) is 0 Å². The fourth-order valence-electron chi connectivity index (χ4n) is 11.7. The van der Waals surface area contributed by atoms with E-state index >= 15 is 0 Å². The van der Waals surface area contributed by atoms with Crippen LogP contribution >= 0.6 is 0 Å². The number of amides is 4. The molecule has 3 unspecified atom stereocenters. The first-order valence-electron chi connectivity index (χ1n) is 26.6. The second-order valence-electron chi connectivity index (χ2n) is 20.7. The third kappa shape index (κ3) is 19.6. The molecule has 65 heavy (non-hydrogen) atoms. The number of aliphatic hydroxyl groups is 3. The third-order valence-corrected chi connectivity index (χ3v) is 15.8. The Kier molecular flexibility index (Phi) is 26.3. The molecule has 8 atom stereocenters. The first-order chi connectivity index (χ1) is 31.4. The van der Waals surface area contributed by atoms with Crippen molar-refractivity contribution in [1.82, 2.24) is 16.0 Å². The van der Waals surface area contributed by atoms with Gasteiger partial charge in [-0.15, -0.1) is 0 Å². The van der Waals surface area contributed by atoms with Crippen molar-refractivity contribution in [1.29, 1.82) is 0 Å². The summed E-state index contributed by atoms with van der Waals surface area (Å²) >= 11 is 0. The van der Waals surface area contributed by atoms with Crippen molar-refractivity contribution in [3.8, 4) is 0 Å². The average molecular weight is 920 g/mol. The van der Waals surface area contributed by atoms with E-state index in [-0.39, 0.29) is 25.3 Å². The van der Waals surface area contributed by atoms with Crippen molar-refractivity contribution in [2.24, 2.45) is 47.0 Å². The Labute approximate surface area is 392 Å². The van der Waals surface area contributed by atoms with Gasteiger partial charge in [0.05, 0.1) is 18.6 Å². The summed E-state index contributed by atoms with van der Waals surface area (Å²) in [7, 11) is 0. The highest BCUT2D eigenvalue weighted by molar-refractivity contribution is 5.92. The molecule has 1 aliphatic heterocycles. The van der Waals surface area contributed by atoms with Crippen LogP contribution in [0.5, 0.6) is 0 Å². The predicted octanol–water partition coefficient (Wildman–Crippen LogP) is 6.43. The Balaban J connectivity index is 0.000000305. The number of nitrogens with one attached hydrogen (secondary N) is 3. The molecule has 0 spiro atoms. The Hall–Kier alpha value is -2.36. The Morgan fingerprint density at radius 2 is 1.14 bits per heavy atom. The van der Waals surface area contributed by atoms with E-state index in [1.54, 1.807) is 51.4 Å². The minimum Gasteiger partial charge on any atom is -0.394 e. The van der Waals surface area contributed by atoms with Crippen LogP contribution in [0.25, 0.3) is 0 Å². The van der Waals surface area contributed by atoms with Gasteiger partial charge in [0, 0.05) is 19.5 Å². The summed E-state index contributed by atoms with van der Waals surface area (Å²) in [6, 6.07) is -2.20. The van der Waals surface area contributed by atoms with Gasteiger partial charge in [-0.25, -0.2) is 0 Å². The summed E-state index contributed by atoms with van der Waals surface area (Å²) < 4.78 is 10.8. The molecule has 6 aliphatic rings. The maximum atomic E-state index is 12.7. The summed E-state index contributed by atoms with van der Waals surface area (Å²) in [4.78, 5) is 49.5. The highest BCUT2D eigenvalue weighted by atomic mass is 16.6. The minimum atomic E-state index is -1.42. The number of nitrogens with two attached hydrogens (primary N) is 2. The van der Waals surface area contributed by atoms with Gasteiger partial charge < -0.3 is 52.2 Å². The van der Waals surface area contributed by atoms with Gasteiger partial charge >= 0.3 is 0 Å². The standard InChI is InChI=1S/C27H49N5O9.2C12H22/c1-15(31-26(38)16(2)40-23-18(13-28)27(39)41-20(14-33)22(23)35)25(37)32-19(24(29)36)10-11-21(34)30-12-6-9-17-7-4-3-5-8-17;2*1-3-7-11(8-4-1)12-9-5-2-6-10-12/h15-20,22-23,27,33,35,39H,3-14,28H2,1-2H3,(H2,29,36)(H,30,34)(H,31,38)(H,32,37);2*11-12H,1-10H2/t15-,16+,18-,19+,20?,22?,23+,27?;;/m0../s1. The van der Waals surface area contributed by atoms with Crippen molar-refractivity contribution >= 4 is 23.6 Å². The van der Waals surface area contributed by atoms with Crippen LogP contribution in [-0.2, 0) is 28.7 Å². The fourth-order valence-corrected chi connectivity index (χ4v) is 11.7. The van der Waals surface area contributed by atoms with Gasteiger partial charge in [-0.05, 0) is 62.7 Å². The van der Waals surface area contributed by atoms with E-state index in [1.807, 2.05) is 0 Å². The van der Waals surface area contributed by atoms with Gasteiger partial charge in [0.2, 0.25) is 23.6 Å². The monoisotopic (exact) mass is 920 g/mol. The maximum absolute atomic E-state index is 12.7. The highest BCUT2D eigenvalue weighted by Gasteiger charge is 2.46. The average Bonchev–Trinajstić information content (AvgIpc) is 3.34. The first-order valence-corrected chi connectivity index (χ1v) is 26.6. The summed E-state index contributed by atoms with van der Waals surface area (Å²) in [5.41, 5.74) is 11.1. The van der Waals surface area contributed by atoms with Gasteiger partial charge in [-0.2, -0.15) is 0 Å². The molecule has 0 bridgehead atoms. The number of ether oxygens (including phenoxy) is 2. The smallest absolute Gasteiger partial charge is 0.249 e. The van der Waals surface area contributed by atoms with E-state index in [9.17, 15) is 34.5 Å². The highest BCUT2D eigenvalue weighted by Crippen LogP contribution is 2.39. The van der Waals surface area contributed by atoms with Gasteiger partial charge in [0.1, 0.15) is 30.4 Å². The van der Waals surface area contributed by atoms with E-state index < -0.39 is 73.0 Å². The van der Waals surface area contributed by atoms with Gasteiger partial charge in [0.25, 0.3) is 0 Å². The Bertz CT molecular complexity index is 1280. The number of hydrogen-bond donors (Lipinski definition) is 8. The molecule has 14 heteroatoms. The molecule has 0 radical (unpaired) electrons. The van der Waals surface area contributed by atoms with Crippen molar-refractivity contribution in [2.45, 2.75) is 243 Å². The second kappa shape index (κ2) is 30.9. The SMILES string of the molecule is C1CCC(C2CCCCC2)CC1.C1CCC(C2CCCCC2)CC1.C[C@H](NC(=O)[C@@H](C)O[C@H]1C(O)C(CO)OC(O)[C@H]1CN)C(=O)N[C@H](CCC(=O)NCCCC1CCCCC1)C(N)=O. The van der Waals surface area contributed by atoms with E-state index in [4.69, 9.17) is 20.9 Å². The molecule has 14 nitrogen and oxygen atoms in total. The molecule has 4 amide bonds. The molecule has 6 fully saturated rings. The Morgan fingerprint density at radius 1 is 0.677 bits per heavy atom. The summed E-state index contributed by atoms with van der Waals surface area (Å²) in [5.74, 6) is 1.97. The molecule has 6 rings (SSSR count). The van der Waals surface area contributed by atoms with Crippen LogP contribution in [0.1, 0.15) is 200 Å². The molecule has 5 aliphatic carbocycles. The zero-order valence-corrected chi connectivity index (χ0v) is 40.6. The lowest BCUT2D eigenvalue weighted by Crippen LogP contribution is -2.60. The molecule has 10 N–H and O–H groups in total. The number of primary amides is 1. The van der Waals surface area contributed by atoms with E-state index in [0.717, 1.165) is 42.4 Å². The van der Waals surface area contributed by atoms with E-state index in [2.05, 4.69) is 16.0 Å². The van der Waals surface area contributed by atoms with Crippen molar-refractivity contribution in [3.05, 3.63) is 0 Å². The lowest BCUT2D eigenvalue weighted by Gasteiger charge is -2.42. The molecule has 0 aromatic rings. The molecule has 0 aromatic heterocycles. The Morgan fingerprint density at radius 3 is 1.57 bits per heavy atom. The summed E-state index contributed by atoms with van der Waals surface area (Å²) in [5, 5.41) is 37.7. The first kappa shape index (κ1) is 55.2. The van der Waals surface area contributed by atoms with E-state index in [0.29, 0.717) is 6.54 Å². The zero-order chi connectivity index (χ0) is 47.0. The number of aliphatic hydroxyl groups excluding tert-OH is 3. The third-order valence-electron chi connectivity index (χ3n) is 15.8. The second-order valence-corrected chi connectivity index (χ2v) is 20.7. The number of hydrogen-bond acceptors (Lipinski definition) is 10. The largest absolute Gasteiger partial charge is 0.394 e. The van der Waals surface area contributed by atoms with Crippen LogP contribution in [-0.4, -0.2) is 101 Å². The van der Waals surface area contributed by atoms with Crippen LogP contribution < -0.4 is 27.4 Å². The number of carbonyl (C=O) groups is 4. The van der Waals surface area contributed by atoms with Crippen molar-refractivity contribution < 1.29 is 44.0 Å². The molecular formula is C51H93N5O9. The van der Waals surface area contributed by atoms with Crippen LogP contribution in [0.2, 0.25) is 0 Å². The number of carbonyl (C=O) groups excluding carboxylic acids is 4. The zero-order valence-electron chi connectivity index (χ0n) is 40.6. The summed E-state index contributed by atoms with van der Waals surface area (Å²) in [6.45, 7) is 2.63. The molecule has 376 valence electrons. The maximum Gasteiger partial charge on any atom is 0.249 e. The molecule has 0 aromatic carbocycles. The van der Waals surface area contributed by atoms with Gasteiger partial charge in [-0.3, -0.25) is 19.2 Å². The lowest BCUT2D eigenvalue weighted by atomic mass is 9.73. The van der Waals surface area contributed by atoms with Crippen LogP contribution in [0.4, 0.5) is 0 Å². The predicted molar refractivity (Wildman–Crippen MR) is 254 cm³/mol. The minimum absolute atomic E-state index is 0.000641. The van der Waals surface area contributed by atoms with Crippen molar-refractivity contribution in [2.75, 3.05) is 19.7 Å². The normalized spacial score (nSPS) is 27.9. The molecule has 1 heterocycles. The molecule has 1 saturated heterocycles. The molecule has 5 saturated carbocycles. The van der Waals surface area contributed by atoms with Gasteiger partial charge in [-0.1, -0.05) is 161 Å². The van der Waals surface area contributed by atoms with Crippen LogP contribution in [0.3, 0.4) is 0 Å². The fraction of sp³-hybridized carbons (Fsp3) is 0.922. The molecular weight excluding hydrogens is 827 g/mol. The summed E-state index contributed by atoms with van der Waals surface area (Å²) in [6.07, 6.45) is 32.9. The van der Waals surface area contributed by atoms with Crippen molar-refractivity contribution in [3.63, 3.8) is 0 Å². The van der Waals surface area contributed by atoms with Gasteiger partial charge in [0.15, 0.2) is 6.29 Å². The van der Waals surface area contributed by atoms with Crippen LogP contribution in [0, 0.1) is 35.5 Å². The van der Waals surface area contributed by atoms with E-state index in [1.165, 1.54) is 123 Å². The topological polar surface area (TPSA) is 236 Å².